The van der Waals surface area contributed by atoms with Crippen molar-refractivity contribution in [3.05, 3.63) is 205 Å². The lowest BCUT2D eigenvalue weighted by molar-refractivity contribution is 0.479. The fraction of sp³-hybridized carbons (Fsp3) is 0.141. The molecule has 2 aromatic heterocycles. The van der Waals surface area contributed by atoms with E-state index in [1.54, 1.807) is 0 Å². The van der Waals surface area contributed by atoms with Crippen molar-refractivity contribution in [1.29, 1.82) is 0 Å². The second kappa shape index (κ2) is 15.2. The molecule has 13 rings (SSSR count). The Morgan fingerprint density at radius 2 is 1.01 bits per heavy atom. The molecule has 0 unspecified atom stereocenters. The number of ether oxygens (including phenoxy) is 1. The number of nitrogens with zero attached hydrogens (tertiary/aromatic N) is 4. The predicted molar refractivity (Wildman–Crippen MR) is 292 cm³/mol. The molecular formula is C64H52N4O. The number of benzene rings is 10. The van der Waals surface area contributed by atoms with Crippen LogP contribution in [0.4, 0.5) is 22.7 Å². The van der Waals surface area contributed by atoms with Gasteiger partial charge in [-0.1, -0.05) is 163 Å². The molecule has 5 nitrogen and oxygen atoms in total. The molecule has 0 saturated carbocycles. The Balaban J connectivity index is 0.990. The Morgan fingerprint density at radius 3 is 1.77 bits per heavy atom. The van der Waals surface area contributed by atoms with Crippen LogP contribution in [0, 0.1) is 0 Å². The molecule has 0 fully saturated rings. The van der Waals surface area contributed by atoms with Crippen LogP contribution in [0.15, 0.2) is 194 Å². The van der Waals surface area contributed by atoms with Crippen LogP contribution in [-0.4, -0.2) is 16.2 Å². The van der Waals surface area contributed by atoms with Gasteiger partial charge in [0.15, 0.2) is 0 Å². The van der Waals surface area contributed by atoms with Crippen LogP contribution >= 0.6 is 0 Å². The summed E-state index contributed by atoms with van der Waals surface area (Å²) < 4.78 is 9.47. The first-order chi connectivity index (χ1) is 33.5. The SMILES string of the molecule is CC(C)(C)c1cc(Oc2ccc3c4ccccc4n(-c4nc5ccc6ccc7ccccc7c6c5c5c4ccc4ccccc45)c3c2)cc(N2CN(c3ccccc3C(C)(C)C)c3ccccc32)c1. The lowest BCUT2D eigenvalue weighted by Crippen LogP contribution is -2.27. The molecule has 0 amide bonds. The Morgan fingerprint density at radius 1 is 0.420 bits per heavy atom. The monoisotopic (exact) mass is 892 g/mol. The molecule has 12 aromatic rings. The van der Waals surface area contributed by atoms with E-state index >= 15 is 0 Å². The van der Waals surface area contributed by atoms with Crippen molar-refractivity contribution in [2.75, 3.05) is 16.5 Å². The van der Waals surface area contributed by atoms with E-state index in [1.165, 1.54) is 76.7 Å². The van der Waals surface area contributed by atoms with Crippen LogP contribution in [0.5, 0.6) is 11.5 Å². The zero-order valence-electron chi connectivity index (χ0n) is 39.9. The number of rotatable bonds is 5. The number of hydrogen-bond donors (Lipinski definition) is 0. The van der Waals surface area contributed by atoms with Gasteiger partial charge in [0.25, 0.3) is 0 Å². The number of pyridine rings is 1. The molecule has 0 spiro atoms. The van der Waals surface area contributed by atoms with Gasteiger partial charge in [-0.2, -0.15) is 0 Å². The highest BCUT2D eigenvalue weighted by atomic mass is 16.5. The highest BCUT2D eigenvalue weighted by molar-refractivity contribution is 6.32. The molecule has 1 aliphatic heterocycles. The lowest BCUT2D eigenvalue weighted by Gasteiger charge is -2.30. The van der Waals surface area contributed by atoms with Crippen LogP contribution in [0.25, 0.3) is 81.6 Å². The zero-order chi connectivity index (χ0) is 46.8. The van der Waals surface area contributed by atoms with Crippen molar-refractivity contribution in [2.24, 2.45) is 0 Å². The van der Waals surface area contributed by atoms with E-state index in [0.717, 1.165) is 50.3 Å². The summed E-state index contributed by atoms with van der Waals surface area (Å²) >= 11 is 0. The standard InChI is InChI=1S/C64H52N4O/c1-63(2,3)43-35-44(66-39-67(57-26-16-15-25-56(57)66)55-24-14-12-22-52(55)64(4,5)6)37-46(36-43)69-45-31-33-50-49-21-11-13-23-54(49)68(58(50)38-45)62-51-32-29-41-18-8-10-20-48(41)60(51)61-53(65-62)34-30-42-28-27-40-17-7-9-19-47(40)59(42)61/h7-38H,39H2,1-6H3. The van der Waals surface area contributed by atoms with Crippen molar-refractivity contribution in [3.8, 4) is 17.3 Å². The van der Waals surface area contributed by atoms with Gasteiger partial charge in [0.05, 0.1) is 27.9 Å². The van der Waals surface area contributed by atoms with E-state index in [1.807, 2.05) is 0 Å². The summed E-state index contributed by atoms with van der Waals surface area (Å²) in [5, 5.41) is 13.1. The molecule has 69 heavy (non-hydrogen) atoms. The average Bonchev–Trinajstić information content (AvgIpc) is 3.91. The molecular weight excluding hydrogens is 841 g/mol. The van der Waals surface area contributed by atoms with Crippen LogP contribution in [-0.2, 0) is 10.8 Å². The van der Waals surface area contributed by atoms with Crippen molar-refractivity contribution in [3.63, 3.8) is 0 Å². The molecule has 1 aliphatic rings. The largest absolute Gasteiger partial charge is 0.457 e. The molecule has 0 saturated heterocycles. The van der Waals surface area contributed by atoms with E-state index in [2.05, 4.69) is 250 Å². The number of para-hydroxylation sites is 4. The summed E-state index contributed by atoms with van der Waals surface area (Å²) in [6, 6.07) is 70.6. The lowest BCUT2D eigenvalue weighted by atomic mass is 9.85. The third kappa shape index (κ3) is 6.55. The normalized spacial score (nSPS) is 13.2. The summed E-state index contributed by atoms with van der Waals surface area (Å²) in [6.45, 7) is 14.4. The first kappa shape index (κ1) is 41.1. The van der Waals surface area contributed by atoms with Crippen molar-refractivity contribution in [1.82, 2.24) is 9.55 Å². The maximum absolute atomic E-state index is 7.10. The van der Waals surface area contributed by atoms with E-state index in [-0.39, 0.29) is 10.8 Å². The fourth-order valence-electron chi connectivity index (χ4n) is 11.1. The predicted octanol–water partition coefficient (Wildman–Crippen LogP) is 17.6. The van der Waals surface area contributed by atoms with Crippen LogP contribution < -0.4 is 14.5 Å². The molecule has 0 atom stereocenters. The Bertz CT molecular complexity index is 4070. The van der Waals surface area contributed by atoms with Gasteiger partial charge in [0.2, 0.25) is 0 Å². The number of hydrogen-bond acceptors (Lipinski definition) is 4. The van der Waals surface area contributed by atoms with E-state index < -0.39 is 0 Å². The van der Waals surface area contributed by atoms with E-state index in [9.17, 15) is 0 Å². The second-order valence-electron chi connectivity index (χ2n) is 20.8. The van der Waals surface area contributed by atoms with Crippen molar-refractivity contribution in [2.45, 2.75) is 52.4 Å². The van der Waals surface area contributed by atoms with Gasteiger partial charge in [-0.05, 0) is 115 Å². The molecule has 334 valence electrons. The fourth-order valence-corrected chi connectivity index (χ4v) is 11.1. The summed E-state index contributed by atoms with van der Waals surface area (Å²) in [5.41, 5.74) is 10.2. The maximum Gasteiger partial charge on any atom is 0.146 e. The smallest absolute Gasteiger partial charge is 0.146 e. The number of aromatic nitrogens is 2. The third-order valence-electron chi connectivity index (χ3n) is 14.4. The highest BCUT2D eigenvalue weighted by Gasteiger charge is 2.32. The molecule has 3 heterocycles. The Hall–Kier alpha value is -8.15. The Labute approximate surface area is 402 Å². The van der Waals surface area contributed by atoms with Gasteiger partial charge in [-0.15, -0.1) is 0 Å². The second-order valence-corrected chi connectivity index (χ2v) is 20.8. The summed E-state index contributed by atoms with van der Waals surface area (Å²) in [4.78, 5) is 10.6. The molecule has 10 aromatic carbocycles. The van der Waals surface area contributed by atoms with Gasteiger partial charge in [0, 0.05) is 50.4 Å². The first-order valence-electron chi connectivity index (χ1n) is 24.1. The van der Waals surface area contributed by atoms with Crippen LogP contribution in [0.2, 0.25) is 0 Å². The number of fused-ring (bicyclic) bond motifs is 13. The zero-order valence-corrected chi connectivity index (χ0v) is 39.9. The van der Waals surface area contributed by atoms with Crippen molar-refractivity contribution >= 4 is 98.5 Å². The van der Waals surface area contributed by atoms with Gasteiger partial charge < -0.3 is 14.5 Å². The summed E-state index contributed by atoms with van der Waals surface area (Å²) in [5.74, 6) is 2.46. The van der Waals surface area contributed by atoms with E-state index in [0.29, 0.717) is 6.67 Å². The van der Waals surface area contributed by atoms with Crippen LogP contribution in [0.3, 0.4) is 0 Å². The molecule has 0 bridgehead atoms. The molecule has 0 radical (unpaired) electrons. The maximum atomic E-state index is 7.10. The quantitative estimate of drug-likeness (QED) is 0.161. The van der Waals surface area contributed by atoms with Gasteiger partial charge in [-0.3, -0.25) is 4.57 Å². The topological polar surface area (TPSA) is 33.5 Å². The Kier molecular flexibility index (Phi) is 9.04. The van der Waals surface area contributed by atoms with E-state index in [4.69, 9.17) is 9.72 Å². The highest BCUT2D eigenvalue weighted by Crippen LogP contribution is 2.49. The third-order valence-corrected chi connectivity index (χ3v) is 14.4. The minimum Gasteiger partial charge on any atom is -0.457 e. The molecule has 0 aliphatic carbocycles. The van der Waals surface area contributed by atoms with Crippen molar-refractivity contribution < 1.29 is 4.74 Å². The summed E-state index contributed by atoms with van der Waals surface area (Å²) in [7, 11) is 0. The first-order valence-corrected chi connectivity index (χ1v) is 24.1. The van der Waals surface area contributed by atoms with Gasteiger partial charge in [0.1, 0.15) is 24.0 Å². The van der Waals surface area contributed by atoms with Gasteiger partial charge >= 0.3 is 0 Å². The van der Waals surface area contributed by atoms with Gasteiger partial charge in [-0.25, -0.2) is 4.98 Å². The average molecular weight is 893 g/mol. The molecule has 5 heteroatoms. The summed E-state index contributed by atoms with van der Waals surface area (Å²) in [6.07, 6.45) is 0. The minimum absolute atomic E-state index is 0.0189. The number of anilines is 4. The van der Waals surface area contributed by atoms with Crippen LogP contribution in [0.1, 0.15) is 52.7 Å². The minimum atomic E-state index is -0.132. The molecule has 0 N–H and O–H groups in total.